The highest BCUT2D eigenvalue weighted by Crippen LogP contribution is 1.98. The summed E-state index contributed by atoms with van der Waals surface area (Å²) in [6.07, 6.45) is 0.728. The van der Waals surface area contributed by atoms with Crippen LogP contribution in [0.4, 0.5) is 0 Å². The van der Waals surface area contributed by atoms with Gasteiger partial charge in [0, 0.05) is 5.92 Å². The number of carbonyl (C=O) groups excluding carboxylic acids is 1. The molecule has 0 saturated heterocycles. The van der Waals surface area contributed by atoms with E-state index in [9.17, 15) is 9.59 Å². The Hall–Kier alpha value is -1.06. The molecule has 0 aromatic heterocycles. The van der Waals surface area contributed by atoms with Gasteiger partial charge in [-0.2, -0.15) is 0 Å². The molecule has 0 aliphatic heterocycles. The Labute approximate surface area is 65.6 Å². The highest BCUT2D eigenvalue weighted by molar-refractivity contribution is 5.82. The lowest BCUT2D eigenvalue weighted by Gasteiger charge is -2.06. The van der Waals surface area contributed by atoms with Gasteiger partial charge in [-0.1, -0.05) is 13.8 Å². The average molecular weight is 159 g/mol. The summed E-state index contributed by atoms with van der Waals surface area (Å²) in [6.45, 7) is 3.35. The van der Waals surface area contributed by atoms with Gasteiger partial charge in [0.05, 0.1) is 0 Å². The molecule has 0 rings (SSSR count). The average Bonchev–Trinajstić information content (AvgIpc) is 1.98. The number of carboxylic acids is 1. The van der Waals surface area contributed by atoms with Gasteiger partial charge in [0.1, 0.15) is 6.54 Å². The summed E-state index contributed by atoms with van der Waals surface area (Å²) in [5.41, 5.74) is 0. The van der Waals surface area contributed by atoms with Gasteiger partial charge < -0.3 is 10.4 Å². The van der Waals surface area contributed by atoms with E-state index >= 15 is 0 Å². The highest BCUT2D eigenvalue weighted by atomic mass is 16.4. The largest absolute Gasteiger partial charge is 0.480 e. The van der Waals surface area contributed by atoms with E-state index in [1.54, 1.807) is 6.92 Å². The molecular weight excluding hydrogens is 146 g/mol. The monoisotopic (exact) mass is 159 g/mol. The molecule has 1 atom stereocenters. The van der Waals surface area contributed by atoms with Crippen LogP contribution in [0.2, 0.25) is 0 Å². The summed E-state index contributed by atoms with van der Waals surface area (Å²) < 4.78 is 0. The van der Waals surface area contributed by atoms with Crippen LogP contribution in [0, 0.1) is 5.92 Å². The number of carboxylic acid groups (broad SMARTS) is 1. The van der Waals surface area contributed by atoms with Crippen LogP contribution < -0.4 is 5.32 Å². The highest BCUT2D eigenvalue weighted by Gasteiger charge is 2.10. The van der Waals surface area contributed by atoms with Crippen LogP contribution >= 0.6 is 0 Å². The van der Waals surface area contributed by atoms with Crippen molar-refractivity contribution in [3.05, 3.63) is 0 Å². The zero-order valence-corrected chi connectivity index (χ0v) is 6.76. The van der Waals surface area contributed by atoms with Crippen LogP contribution in [0.15, 0.2) is 0 Å². The minimum Gasteiger partial charge on any atom is -0.480 e. The molecule has 11 heavy (non-hydrogen) atoms. The first kappa shape index (κ1) is 9.94. The molecule has 1 unspecified atom stereocenters. The summed E-state index contributed by atoms with van der Waals surface area (Å²) in [7, 11) is 0. The van der Waals surface area contributed by atoms with Gasteiger partial charge >= 0.3 is 5.97 Å². The predicted molar refractivity (Wildman–Crippen MR) is 40.1 cm³/mol. The lowest BCUT2D eigenvalue weighted by molar-refractivity contribution is -0.138. The molecule has 0 aliphatic rings. The molecule has 1 amide bonds. The van der Waals surface area contributed by atoms with Crippen molar-refractivity contribution in [2.75, 3.05) is 6.54 Å². The van der Waals surface area contributed by atoms with Crippen LogP contribution in [0.5, 0.6) is 0 Å². The zero-order chi connectivity index (χ0) is 8.85. The van der Waals surface area contributed by atoms with Crippen molar-refractivity contribution in [3.63, 3.8) is 0 Å². The number of hydrogen-bond donors (Lipinski definition) is 2. The fourth-order valence-electron chi connectivity index (χ4n) is 0.522. The van der Waals surface area contributed by atoms with E-state index in [4.69, 9.17) is 5.11 Å². The fraction of sp³-hybridized carbons (Fsp3) is 0.714. The number of aliphatic carboxylic acids is 1. The maximum absolute atomic E-state index is 10.9. The fourth-order valence-corrected chi connectivity index (χ4v) is 0.522. The van der Waals surface area contributed by atoms with Gasteiger partial charge in [0.15, 0.2) is 0 Å². The summed E-state index contributed by atoms with van der Waals surface area (Å²) in [5.74, 6) is -1.31. The van der Waals surface area contributed by atoms with E-state index in [1.165, 1.54) is 0 Å². The van der Waals surface area contributed by atoms with Gasteiger partial charge in [-0.25, -0.2) is 0 Å². The van der Waals surface area contributed by atoms with E-state index in [0.717, 1.165) is 6.42 Å². The predicted octanol–water partition coefficient (Wildman–Crippen LogP) is 0.233. The van der Waals surface area contributed by atoms with Crippen LogP contribution in [0.1, 0.15) is 20.3 Å². The van der Waals surface area contributed by atoms with Crippen molar-refractivity contribution in [1.82, 2.24) is 5.32 Å². The second-order valence-electron chi connectivity index (χ2n) is 2.42. The second kappa shape index (κ2) is 4.71. The normalized spacial score (nSPS) is 12.2. The van der Waals surface area contributed by atoms with Crippen molar-refractivity contribution in [1.29, 1.82) is 0 Å². The van der Waals surface area contributed by atoms with Crippen molar-refractivity contribution < 1.29 is 14.7 Å². The van der Waals surface area contributed by atoms with Gasteiger partial charge in [0.25, 0.3) is 0 Å². The van der Waals surface area contributed by atoms with Crippen LogP contribution in [0.3, 0.4) is 0 Å². The molecular formula is C7H13NO3. The lowest BCUT2D eigenvalue weighted by atomic mass is 10.1. The summed E-state index contributed by atoms with van der Waals surface area (Å²) in [4.78, 5) is 20.9. The third kappa shape index (κ3) is 4.36. The van der Waals surface area contributed by atoms with Crippen LogP contribution in [0.25, 0.3) is 0 Å². The first-order chi connectivity index (χ1) is 5.07. The molecule has 0 saturated carbocycles. The number of carbonyl (C=O) groups is 2. The first-order valence-corrected chi connectivity index (χ1v) is 3.57. The Morgan fingerprint density at radius 2 is 2.09 bits per heavy atom. The minimum absolute atomic E-state index is 0.102. The van der Waals surface area contributed by atoms with E-state index in [-0.39, 0.29) is 18.4 Å². The van der Waals surface area contributed by atoms with Gasteiger partial charge in [-0.05, 0) is 6.42 Å². The molecule has 0 radical (unpaired) electrons. The lowest BCUT2D eigenvalue weighted by Crippen LogP contribution is -2.33. The summed E-state index contributed by atoms with van der Waals surface area (Å²) >= 11 is 0. The molecule has 0 spiro atoms. The smallest absolute Gasteiger partial charge is 0.322 e. The van der Waals surface area contributed by atoms with Crippen molar-refractivity contribution in [3.8, 4) is 0 Å². The molecule has 64 valence electrons. The maximum Gasteiger partial charge on any atom is 0.322 e. The molecule has 0 aromatic carbocycles. The molecule has 0 bridgehead atoms. The molecule has 0 aromatic rings. The van der Waals surface area contributed by atoms with Crippen molar-refractivity contribution >= 4 is 11.9 Å². The minimum atomic E-state index is -1.01. The van der Waals surface area contributed by atoms with Gasteiger partial charge in [0.2, 0.25) is 5.91 Å². The summed E-state index contributed by atoms with van der Waals surface area (Å²) in [5, 5.41) is 10.5. The number of rotatable bonds is 4. The topological polar surface area (TPSA) is 66.4 Å². The molecule has 4 heteroatoms. The van der Waals surface area contributed by atoms with Gasteiger partial charge in [-0.15, -0.1) is 0 Å². The van der Waals surface area contributed by atoms with E-state index in [0.29, 0.717) is 0 Å². The van der Waals surface area contributed by atoms with Crippen LogP contribution in [-0.2, 0) is 9.59 Å². The number of hydrogen-bond acceptors (Lipinski definition) is 2. The SMILES string of the molecule is CCC(C)C(=O)NCC(=O)O. The van der Waals surface area contributed by atoms with E-state index in [2.05, 4.69) is 5.32 Å². The second-order valence-corrected chi connectivity index (χ2v) is 2.42. The third-order valence-corrected chi connectivity index (χ3v) is 1.47. The molecule has 4 nitrogen and oxygen atoms in total. The standard InChI is InChI=1S/C7H13NO3/c1-3-5(2)7(11)8-4-6(9)10/h5H,3-4H2,1-2H3,(H,8,11)(H,9,10). The van der Waals surface area contributed by atoms with Crippen LogP contribution in [-0.4, -0.2) is 23.5 Å². The Kier molecular flexibility index (Phi) is 4.26. The van der Waals surface area contributed by atoms with E-state index < -0.39 is 5.97 Å². The maximum atomic E-state index is 10.9. The number of amides is 1. The van der Waals surface area contributed by atoms with E-state index in [1.807, 2.05) is 6.92 Å². The van der Waals surface area contributed by atoms with Crippen molar-refractivity contribution in [2.45, 2.75) is 20.3 Å². The Morgan fingerprint density at radius 1 is 1.55 bits per heavy atom. The van der Waals surface area contributed by atoms with Crippen molar-refractivity contribution in [2.24, 2.45) is 5.92 Å². The third-order valence-electron chi connectivity index (χ3n) is 1.47. The molecule has 0 fully saturated rings. The Balaban J connectivity index is 3.60. The number of nitrogens with one attached hydrogen (secondary N) is 1. The quantitative estimate of drug-likeness (QED) is 0.617. The molecule has 0 aliphatic carbocycles. The molecule has 0 heterocycles. The zero-order valence-electron chi connectivity index (χ0n) is 6.76. The Bertz CT molecular complexity index is 156. The summed E-state index contributed by atoms with van der Waals surface area (Å²) in [6, 6.07) is 0. The van der Waals surface area contributed by atoms with Gasteiger partial charge in [-0.3, -0.25) is 9.59 Å². The Morgan fingerprint density at radius 3 is 2.45 bits per heavy atom. The molecule has 2 N–H and O–H groups in total. The first-order valence-electron chi connectivity index (χ1n) is 3.57.